The van der Waals surface area contributed by atoms with Crippen LogP contribution in [0.4, 0.5) is 4.39 Å². The SMILES string of the molecule is O=C(NCC#Cc1ccccc1)c1ccc(Br)cc1F. The maximum absolute atomic E-state index is 13.5. The highest BCUT2D eigenvalue weighted by atomic mass is 79.9. The van der Waals surface area contributed by atoms with Gasteiger partial charge in [-0.2, -0.15) is 0 Å². The Balaban J connectivity index is 1.95. The maximum atomic E-state index is 13.5. The van der Waals surface area contributed by atoms with Gasteiger partial charge in [-0.15, -0.1) is 0 Å². The molecule has 0 aliphatic rings. The predicted octanol–water partition coefficient (Wildman–Crippen LogP) is 3.37. The van der Waals surface area contributed by atoms with Crippen molar-refractivity contribution in [2.45, 2.75) is 0 Å². The van der Waals surface area contributed by atoms with E-state index in [9.17, 15) is 9.18 Å². The standard InChI is InChI=1S/C16H11BrFNO/c17-13-8-9-14(15(18)11-13)16(20)19-10-4-7-12-5-2-1-3-6-12/h1-3,5-6,8-9,11H,10H2,(H,19,20). The maximum Gasteiger partial charge on any atom is 0.255 e. The summed E-state index contributed by atoms with van der Waals surface area (Å²) < 4.78 is 14.1. The van der Waals surface area contributed by atoms with E-state index in [1.54, 1.807) is 6.07 Å². The molecule has 0 fully saturated rings. The Morgan fingerprint density at radius 3 is 2.65 bits per heavy atom. The van der Waals surface area contributed by atoms with Crippen LogP contribution >= 0.6 is 15.9 Å². The van der Waals surface area contributed by atoms with Crippen molar-refractivity contribution in [1.29, 1.82) is 0 Å². The number of nitrogens with one attached hydrogen (secondary N) is 1. The van der Waals surface area contributed by atoms with Crippen LogP contribution in [0, 0.1) is 17.7 Å². The van der Waals surface area contributed by atoms with Crippen LogP contribution in [0.1, 0.15) is 15.9 Å². The number of benzene rings is 2. The van der Waals surface area contributed by atoms with Crippen LogP contribution in [-0.2, 0) is 0 Å². The van der Waals surface area contributed by atoms with E-state index >= 15 is 0 Å². The molecule has 0 radical (unpaired) electrons. The number of hydrogen-bond donors (Lipinski definition) is 1. The van der Waals surface area contributed by atoms with Crippen LogP contribution < -0.4 is 5.32 Å². The molecular formula is C16H11BrFNO. The first-order valence-electron chi connectivity index (χ1n) is 5.94. The highest BCUT2D eigenvalue weighted by Gasteiger charge is 2.10. The van der Waals surface area contributed by atoms with E-state index in [1.165, 1.54) is 12.1 Å². The Hall–Kier alpha value is -2.12. The molecule has 100 valence electrons. The molecule has 0 atom stereocenters. The van der Waals surface area contributed by atoms with Gasteiger partial charge in [0.2, 0.25) is 0 Å². The van der Waals surface area contributed by atoms with Crippen molar-refractivity contribution in [3.8, 4) is 11.8 Å². The molecule has 0 unspecified atom stereocenters. The van der Waals surface area contributed by atoms with E-state index in [-0.39, 0.29) is 12.1 Å². The molecule has 0 bridgehead atoms. The second kappa shape index (κ2) is 6.88. The first-order valence-corrected chi connectivity index (χ1v) is 6.73. The van der Waals surface area contributed by atoms with Crippen molar-refractivity contribution in [1.82, 2.24) is 5.32 Å². The summed E-state index contributed by atoms with van der Waals surface area (Å²) in [6.45, 7) is 0.170. The lowest BCUT2D eigenvalue weighted by molar-refractivity contribution is 0.0954. The molecule has 1 N–H and O–H groups in total. The molecule has 2 rings (SSSR count). The Morgan fingerprint density at radius 2 is 1.95 bits per heavy atom. The van der Waals surface area contributed by atoms with E-state index in [0.29, 0.717) is 4.47 Å². The topological polar surface area (TPSA) is 29.1 Å². The minimum atomic E-state index is -0.562. The van der Waals surface area contributed by atoms with Crippen LogP contribution in [0.3, 0.4) is 0 Å². The van der Waals surface area contributed by atoms with E-state index in [2.05, 4.69) is 33.1 Å². The minimum Gasteiger partial charge on any atom is -0.341 e. The summed E-state index contributed by atoms with van der Waals surface area (Å²) in [5, 5.41) is 2.56. The first kappa shape index (κ1) is 14.3. The lowest BCUT2D eigenvalue weighted by Crippen LogP contribution is -2.24. The van der Waals surface area contributed by atoms with Crippen molar-refractivity contribution >= 4 is 21.8 Å². The molecule has 0 saturated carbocycles. The highest BCUT2D eigenvalue weighted by Crippen LogP contribution is 2.14. The van der Waals surface area contributed by atoms with E-state index in [0.717, 1.165) is 5.56 Å². The van der Waals surface area contributed by atoms with Gasteiger partial charge in [0.05, 0.1) is 12.1 Å². The summed E-state index contributed by atoms with van der Waals surface area (Å²) in [7, 11) is 0. The molecule has 0 aromatic heterocycles. The van der Waals surface area contributed by atoms with Gasteiger partial charge in [-0.25, -0.2) is 4.39 Å². The summed E-state index contributed by atoms with van der Waals surface area (Å²) >= 11 is 3.14. The molecule has 20 heavy (non-hydrogen) atoms. The van der Waals surface area contributed by atoms with E-state index in [1.807, 2.05) is 30.3 Å². The van der Waals surface area contributed by atoms with Gasteiger partial charge in [0.25, 0.3) is 5.91 Å². The first-order chi connectivity index (χ1) is 9.66. The highest BCUT2D eigenvalue weighted by molar-refractivity contribution is 9.10. The molecule has 0 heterocycles. The third kappa shape index (κ3) is 3.94. The number of hydrogen-bond acceptors (Lipinski definition) is 1. The monoisotopic (exact) mass is 331 g/mol. The van der Waals surface area contributed by atoms with Crippen LogP contribution in [-0.4, -0.2) is 12.5 Å². The fourth-order valence-electron chi connectivity index (χ4n) is 1.56. The van der Waals surface area contributed by atoms with Gasteiger partial charge in [-0.1, -0.05) is 46.0 Å². The van der Waals surface area contributed by atoms with Gasteiger partial charge in [-0.3, -0.25) is 4.79 Å². The van der Waals surface area contributed by atoms with Crippen LogP contribution in [0.5, 0.6) is 0 Å². The third-order valence-corrected chi connectivity index (χ3v) is 3.01. The summed E-state index contributed by atoms with van der Waals surface area (Å²) in [5.74, 6) is 4.69. The summed E-state index contributed by atoms with van der Waals surface area (Å²) in [4.78, 5) is 11.8. The summed E-state index contributed by atoms with van der Waals surface area (Å²) in [6.07, 6.45) is 0. The number of rotatable bonds is 2. The number of carbonyl (C=O) groups excluding carboxylic acids is 1. The van der Waals surface area contributed by atoms with Crippen molar-refractivity contribution in [2.24, 2.45) is 0 Å². The van der Waals surface area contributed by atoms with Gasteiger partial charge in [0.15, 0.2) is 0 Å². The fourth-order valence-corrected chi connectivity index (χ4v) is 1.89. The van der Waals surface area contributed by atoms with Crippen LogP contribution in [0.15, 0.2) is 53.0 Å². The number of halogens is 2. The third-order valence-electron chi connectivity index (χ3n) is 2.52. The Kier molecular flexibility index (Phi) is 4.91. The van der Waals surface area contributed by atoms with Gasteiger partial charge in [0, 0.05) is 10.0 Å². The zero-order valence-electron chi connectivity index (χ0n) is 10.5. The van der Waals surface area contributed by atoms with E-state index in [4.69, 9.17) is 0 Å². The molecule has 2 aromatic rings. The lowest BCUT2D eigenvalue weighted by atomic mass is 10.2. The quantitative estimate of drug-likeness (QED) is 0.840. The minimum absolute atomic E-state index is 0.00899. The molecule has 0 spiro atoms. The largest absolute Gasteiger partial charge is 0.341 e. The second-order valence-corrected chi connectivity index (χ2v) is 4.89. The van der Waals surface area contributed by atoms with Crippen molar-refractivity contribution < 1.29 is 9.18 Å². The Labute approximate surface area is 125 Å². The molecule has 0 aliphatic heterocycles. The van der Waals surface area contributed by atoms with Gasteiger partial charge >= 0.3 is 0 Å². The summed E-state index contributed by atoms with van der Waals surface area (Å²) in [6, 6.07) is 13.7. The zero-order valence-corrected chi connectivity index (χ0v) is 12.1. The average Bonchev–Trinajstić information content (AvgIpc) is 2.44. The number of carbonyl (C=O) groups is 1. The van der Waals surface area contributed by atoms with Crippen LogP contribution in [0.2, 0.25) is 0 Å². The number of amides is 1. The van der Waals surface area contributed by atoms with Crippen molar-refractivity contribution in [2.75, 3.05) is 6.54 Å². The smallest absolute Gasteiger partial charge is 0.255 e. The molecular weight excluding hydrogens is 321 g/mol. The average molecular weight is 332 g/mol. The van der Waals surface area contributed by atoms with Gasteiger partial charge in [-0.05, 0) is 30.3 Å². The summed E-state index contributed by atoms with van der Waals surface area (Å²) in [5.41, 5.74) is 0.881. The molecule has 0 saturated heterocycles. The molecule has 2 nitrogen and oxygen atoms in total. The molecule has 0 aliphatic carbocycles. The Bertz CT molecular complexity index is 674. The fraction of sp³-hybridized carbons (Fsp3) is 0.0625. The van der Waals surface area contributed by atoms with Crippen molar-refractivity contribution in [3.63, 3.8) is 0 Å². The second-order valence-electron chi connectivity index (χ2n) is 3.97. The molecule has 4 heteroatoms. The van der Waals surface area contributed by atoms with E-state index < -0.39 is 11.7 Å². The molecule has 2 aromatic carbocycles. The van der Waals surface area contributed by atoms with Gasteiger partial charge in [0.1, 0.15) is 5.82 Å². The van der Waals surface area contributed by atoms with Crippen molar-refractivity contribution in [3.05, 3.63) is 69.9 Å². The molecule has 1 amide bonds. The normalized spacial score (nSPS) is 9.50. The predicted molar refractivity (Wildman–Crippen MR) is 79.8 cm³/mol. The van der Waals surface area contributed by atoms with Gasteiger partial charge < -0.3 is 5.32 Å². The van der Waals surface area contributed by atoms with Crippen LogP contribution in [0.25, 0.3) is 0 Å². The lowest BCUT2D eigenvalue weighted by Gasteiger charge is -2.03. The Morgan fingerprint density at radius 1 is 1.20 bits per heavy atom. The zero-order chi connectivity index (χ0) is 14.4.